The summed E-state index contributed by atoms with van der Waals surface area (Å²) < 4.78 is 10.5. The molecule has 1 aromatic carbocycles. The normalized spacial score (nSPS) is 8.13. The maximum absolute atomic E-state index is 5.38. The predicted molar refractivity (Wildman–Crippen MR) is 62.6 cm³/mol. The van der Waals surface area contributed by atoms with E-state index < -0.39 is 0 Å². The lowest BCUT2D eigenvalue weighted by Crippen LogP contribution is -1.98. The smallest absolute Gasteiger partial charge is 0.162 e. The molecular weight excluding hydrogens is 214 g/mol. The highest BCUT2D eigenvalue weighted by Crippen LogP contribution is 2.25. The number of halogens is 1. The quantitative estimate of drug-likeness (QED) is 0.796. The molecule has 1 aromatic rings. The van der Waals surface area contributed by atoms with E-state index in [-0.39, 0.29) is 12.4 Å². The topological polar surface area (TPSA) is 44.5 Å². The molecule has 0 aliphatic rings. The molecule has 0 atom stereocenters. The van der Waals surface area contributed by atoms with Crippen molar-refractivity contribution in [3.05, 3.63) is 24.3 Å². The van der Waals surface area contributed by atoms with Crippen molar-refractivity contribution < 1.29 is 9.47 Å². The van der Waals surface area contributed by atoms with Crippen molar-refractivity contribution in [2.45, 2.75) is 0 Å². The minimum absolute atomic E-state index is 0. The fourth-order valence-corrected chi connectivity index (χ4v) is 0.975. The van der Waals surface area contributed by atoms with Gasteiger partial charge in [0.15, 0.2) is 11.5 Å². The Kier molecular flexibility index (Phi) is 7.25. The van der Waals surface area contributed by atoms with Gasteiger partial charge < -0.3 is 15.2 Å². The van der Waals surface area contributed by atoms with Crippen LogP contribution in [0.4, 0.5) is 0 Å². The monoisotopic (exact) mass is 227 g/mol. The van der Waals surface area contributed by atoms with Crippen LogP contribution in [0.2, 0.25) is 0 Å². The van der Waals surface area contributed by atoms with Crippen molar-refractivity contribution in [1.82, 2.24) is 0 Å². The summed E-state index contributed by atoms with van der Waals surface area (Å²) in [6.45, 7) is 0.687. The SMILES string of the molecule is COc1ccccc1OCC#CCN.Cl. The Labute approximate surface area is 96.0 Å². The first-order valence-electron chi connectivity index (χ1n) is 4.30. The predicted octanol–water partition coefficient (Wildman–Crippen LogP) is 1.46. The Balaban J connectivity index is 0.00000196. The standard InChI is InChI=1S/C11H13NO2.ClH/c1-13-10-6-2-3-7-11(10)14-9-5-4-8-12;/h2-3,6-7H,8-9,12H2,1H3;1H. The van der Waals surface area contributed by atoms with Gasteiger partial charge in [-0.2, -0.15) is 0 Å². The van der Waals surface area contributed by atoms with E-state index >= 15 is 0 Å². The first-order valence-corrected chi connectivity index (χ1v) is 4.30. The van der Waals surface area contributed by atoms with Gasteiger partial charge in [-0.25, -0.2) is 0 Å². The first-order chi connectivity index (χ1) is 6.88. The molecule has 0 aromatic heterocycles. The van der Waals surface area contributed by atoms with Crippen LogP contribution >= 0.6 is 12.4 Å². The van der Waals surface area contributed by atoms with Gasteiger partial charge in [-0.15, -0.1) is 12.4 Å². The van der Waals surface area contributed by atoms with Crippen molar-refractivity contribution in [3.63, 3.8) is 0 Å². The summed E-state index contributed by atoms with van der Waals surface area (Å²) in [6.07, 6.45) is 0. The van der Waals surface area contributed by atoms with Gasteiger partial charge in [-0.1, -0.05) is 24.0 Å². The number of nitrogens with two attached hydrogens (primary N) is 1. The third kappa shape index (κ3) is 4.59. The molecule has 3 nitrogen and oxygen atoms in total. The van der Waals surface area contributed by atoms with Crippen LogP contribution in [0.15, 0.2) is 24.3 Å². The van der Waals surface area contributed by atoms with Crippen molar-refractivity contribution in [2.75, 3.05) is 20.3 Å². The number of benzene rings is 1. The maximum atomic E-state index is 5.38. The zero-order valence-corrected chi connectivity index (χ0v) is 9.34. The van der Waals surface area contributed by atoms with Gasteiger partial charge in [-0.05, 0) is 12.1 Å². The molecule has 82 valence electrons. The molecule has 4 heteroatoms. The average molecular weight is 228 g/mol. The Morgan fingerprint density at radius 3 is 2.47 bits per heavy atom. The maximum Gasteiger partial charge on any atom is 0.162 e. The van der Waals surface area contributed by atoms with Crippen LogP contribution in [-0.4, -0.2) is 20.3 Å². The molecule has 0 saturated heterocycles. The Morgan fingerprint density at radius 1 is 1.20 bits per heavy atom. The zero-order chi connectivity index (χ0) is 10.2. The van der Waals surface area contributed by atoms with E-state index in [2.05, 4.69) is 11.8 Å². The number of methoxy groups -OCH3 is 1. The Bertz CT molecular complexity index is 344. The molecular formula is C11H14ClNO2. The van der Waals surface area contributed by atoms with E-state index in [1.54, 1.807) is 7.11 Å². The van der Waals surface area contributed by atoms with Crippen LogP contribution in [0.25, 0.3) is 0 Å². The van der Waals surface area contributed by atoms with Gasteiger partial charge >= 0.3 is 0 Å². The summed E-state index contributed by atoms with van der Waals surface area (Å²) in [5.74, 6) is 6.91. The minimum Gasteiger partial charge on any atom is -0.493 e. The molecule has 0 unspecified atom stereocenters. The van der Waals surface area contributed by atoms with Crippen LogP contribution < -0.4 is 15.2 Å². The van der Waals surface area contributed by atoms with E-state index in [4.69, 9.17) is 15.2 Å². The van der Waals surface area contributed by atoms with E-state index in [0.29, 0.717) is 24.7 Å². The lowest BCUT2D eigenvalue weighted by atomic mass is 10.3. The summed E-state index contributed by atoms with van der Waals surface area (Å²) in [6, 6.07) is 7.44. The average Bonchev–Trinajstić information content (AvgIpc) is 2.25. The van der Waals surface area contributed by atoms with E-state index in [1.165, 1.54) is 0 Å². The van der Waals surface area contributed by atoms with Crippen molar-refractivity contribution >= 4 is 12.4 Å². The second-order valence-corrected chi connectivity index (χ2v) is 2.50. The first kappa shape index (κ1) is 13.6. The summed E-state index contributed by atoms with van der Waals surface area (Å²) in [4.78, 5) is 0. The van der Waals surface area contributed by atoms with Crippen molar-refractivity contribution in [1.29, 1.82) is 0 Å². The number of para-hydroxylation sites is 2. The number of rotatable bonds is 3. The molecule has 0 amide bonds. The van der Waals surface area contributed by atoms with Gasteiger partial charge in [0.25, 0.3) is 0 Å². The van der Waals surface area contributed by atoms with E-state index in [1.807, 2.05) is 24.3 Å². The van der Waals surface area contributed by atoms with Crippen molar-refractivity contribution in [2.24, 2.45) is 5.73 Å². The number of hydrogen-bond donors (Lipinski definition) is 1. The van der Waals surface area contributed by atoms with Crippen LogP contribution in [0.1, 0.15) is 0 Å². The molecule has 0 spiro atoms. The summed E-state index contributed by atoms with van der Waals surface area (Å²) >= 11 is 0. The molecule has 2 N–H and O–H groups in total. The largest absolute Gasteiger partial charge is 0.493 e. The van der Waals surface area contributed by atoms with Gasteiger partial charge in [0, 0.05) is 0 Å². The highest BCUT2D eigenvalue weighted by Gasteiger charge is 1.99. The zero-order valence-electron chi connectivity index (χ0n) is 8.53. The lowest BCUT2D eigenvalue weighted by molar-refractivity contribution is 0.331. The van der Waals surface area contributed by atoms with Gasteiger partial charge in [0.05, 0.1) is 13.7 Å². The van der Waals surface area contributed by atoms with Crippen LogP contribution in [0, 0.1) is 11.8 Å². The fraction of sp³-hybridized carbons (Fsp3) is 0.273. The third-order valence-corrected chi connectivity index (χ3v) is 1.60. The summed E-state index contributed by atoms with van der Waals surface area (Å²) in [5.41, 5.74) is 5.21. The molecule has 0 fully saturated rings. The highest BCUT2D eigenvalue weighted by molar-refractivity contribution is 5.85. The lowest BCUT2D eigenvalue weighted by Gasteiger charge is -2.06. The molecule has 0 bridgehead atoms. The molecule has 0 heterocycles. The van der Waals surface area contributed by atoms with Gasteiger partial charge in [-0.3, -0.25) is 0 Å². The van der Waals surface area contributed by atoms with Gasteiger partial charge in [0.1, 0.15) is 6.61 Å². The second kappa shape index (κ2) is 7.98. The molecule has 0 saturated carbocycles. The minimum atomic E-state index is 0. The molecule has 0 radical (unpaired) electrons. The second-order valence-electron chi connectivity index (χ2n) is 2.50. The van der Waals surface area contributed by atoms with Crippen LogP contribution in [-0.2, 0) is 0 Å². The Hall–Kier alpha value is -1.37. The van der Waals surface area contributed by atoms with E-state index in [9.17, 15) is 0 Å². The Morgan fingerprint density at radius 2 is 1.87 bits per heavy atom. The van der Waals surface area contributed by atoms with Crippen LogP contribution in [0.3, 0.4) is 0 Å². The molecule has 0 aliphatic carbocycles. The van der Waals surface area contributed by atoms with Crippen molar-refractivity contribution in [3.8, 4) is 23.3 Å². The number of hydrogen-bond acceptors (Lipinski definition) is 3. The summed E-state index contributed by atoms with van der Waals surface area (Å²) in [7, 11) is 1.60. The third-order valence-electron chi connectivity index (χ3n) is 1.60. The van der Waals surface area contributed by atoms with Gasteiger partial charge in [0.2, 0.25) is 0 Å². The van der Waals surface area contributed by atoms with E-state index in [0.717, 1.165) is 0 Å². The fourth-order valence-electron chi connectivity index (χ4n) is 0.975. The summed E-state index contributed by atoms with van der Waals surface area (Å²) in [5, 5.41) is 0. The molecule has 15 heavy (non-hydrogen) atoms. The highest BCUT2D eigenvalue weighted by atomic mass is 35.5. The number of ether oxygens (including phenoxy) is 2. The molecule has 1 rings (SSSR count). The van der Waals surface area contributed by atoms with Crippen LogP contribution in [0.5, 0.6) is 11.5 Å². The molecule has 0 aliphatic heterocycles.